The lowest BCUT2D eigenvalue weighted by Gasteiger charge is -2.09. The maximum Gasteiger partial charge on any atom is 0.193 e. The standard InChI is InChI=1S/C15H21N3O2S/c16-15(17-10-14-5-2-8-21(14,19)20)18-13-7-6-11-3-1-4-12(11)9-13/h6-7,9,14H,1-5,8,10H2,(H3,16,17,18). The third-order valence-electron chi connectivity index (χ3n) is 4.30. The van der Waals surface area contributed by atoms with Crippen molar-refractivity contribution < 1.29 is 8.42 Å². The number of rotatable bonds is 3. The molecule has 21 heavy (non-hydrogen) atoms. The highest BCUT2D eigenvalue weighted by molar-refractivity contribution is 7.92. The summed E-state index contributed by atoms with van der Waals surface area (Å²) in [5, 5.41) is 2.69. The van der Waals surface area contributed by atoms with E-state index in [-0.39, 0.29) is 23.5 Å². The van der Waals surface area contributed by atoms with Gasteiger partial charge in [-0.2, -0.15) is 0 Å². The molecule has 2 aliphatic rings. The Morgan fingerprint density at radius 1 is 1.29 bits per heavy atom. The highest BCUT2D eigenvalue weighted by atomic mass is 32.2. The summed E-state index contributed by atoms with van der Waals surface area (Å²) in [5.41, 5.74) is 9.56. The van der Waals surface area contributed by atoms with Crippen LogP contribution in [0, 0.1) is 0 Å². The summed E-state index contributed by atoms with van der Waals surface area (Å²) in [4.78, 5) is 4.19. The number of hydrogen-bond acceptors (Lipinski definition) is 3. The average molecular weight is 307 g/mol. The van der Waals surface area contributed by atoms with Gasteiger partial charge in [-0.25, -0.2) is 8.42 Å². The van der Waals surface area contributed by atoms with E-state index in [1.165, 1.54) is 17.5 Å². The summed E-state index contributed by atoms with van der Waals surface area (Å²) in [6.45, 7) is 0.256. The van der Waals surface area contributed by atoms with Crippen LogP contribution < -0.4 is 11.1 Å². The molecule has 0 amide bonds. The third kappa shape index (κ3) is 3.20. The molecule has 0 radical (unpaired) electrons. The number of sulfone groups is 1. The van der Waals surface area contributed by atoms with Crippen LogP contribution in [0.1, 0.15) is 30.4 Å². The molecule has 5 nitrogen and oxygen atoms in total. The normalized spacial score (nSPS) is 24.0. The number of nitrogens with two attached hydrogens (primary N) is 1. The van der Waals surface area contributed by atoms with Crippen LogP contribution in [0.3, 0.4) is 0 Å². The van der Waals surface area contributed by atoms with Crippen LogP contribution in [-0.4, -0.2) is 31.9 Å². The first-order valence-corrected chi connectivity index (χ1v) is 9.16. The maximum absolute atomic E-state index is 11.7. The van der Waals surface area contributed by atoms with E-state index in [4.69, 9.17) is 5.73 Å². The highest BCUT2D eigenvalue weighted by Crippen LogP contribution is 2.25. The number of nitrogens with one attached hydrogen (secondary N) is 1. The molecular formula is C15H21N3O2S. The van der Waals surface area contributed by atoms with Crippen molar-refractivity contribution in [1.82, 2.24) is 0 Å². The van der Waals surface area contributed by atoms with E-state index in [2.05, 4.69) is 22.4 Å². The van der Waals surface area contributed by atoms with Crippen LogP contribution in [0.5, 0.6) is 0 Å². The number of guanidine groups is 1. The fraction of sp³-hybridized carbons (Fsp3) is 0.533. The molecule has 1 saturated heterocycles. The molecule has 0 aromatic heterocycles. The molecule has 114 valence electrons. The molecule has 1 heterocycles. The van der Waals surface area contributed by atoms with Gasteiger partial charge in [0.25, 0.3) is 0 Å². The summed E-state index contributed by atoms with van der Waals surface area (Å²) < 4.78 is 23.5. The second kappa shape index (κ2) is 5.67. The monoisotopic (exact) mass is 307 g/mol. The van der Waals surface area contributed by atoms with E-state index in [0.717, 1.165) is 24.9 Å². The van der Waals surface area contributed by atoms with Crippen LogP contribution in [0.2, 0.25) is 0 Å². The quantitative estimate of drug-likeness (QED) is 0.654. The van der Waals surface area contributed by atoms with Crippen molar-refractivity contribution in [3.8, 4) is 0 Å². The smallest absolute Gasteiger partial charge is 0.193 e. The van der Waals surface area contributed by atoms with Gasteiger partial charge in [-0.1, -0.05) is 6.07 Å². The molecule has 0 spiro atoms. The summed E-state index contributed by atoms with van der Waals surface area (Å²) in [6, 6.07) is 6.23. The molecule has 0 saturated carbocycles. The molecule has 6 heteroatoms. The lowest BCUT2D eigenvalue weighted by molar-refractivity contribution is 0.590. The Morgan fingerprint density at radius 3 is 2.86 bits per heavy atom. The van der Waals surface area contributed by atoms with Crippen LogP contribution in [0.25, 0.3) is 0 Å². The molecule has 1 atom stereocenters. The van der Waals surface area contributed by atoms with Gasteiger partial charge in [0.2, 0.25) is 0 Å². The van der Waals surface area contributed by atoms with Crippen molar-refractivity contribution in [3.63, 3.8) is 0 Å². The number of aliphatic imine (C=N–C) groups is 1. The van der Waals surface area contributed by atoms with Crippen molar-refractivity contribution >= 4 is 21.5 Å². The number of fused-ring (bicyclic) bond motifs is 1. The largest absolute Gasteiger partial charge is 0.370 e. The zero-order chi connectivity index (χ0) is 14.9. The van der Waals surface area contributed by atoms with E-state index in [0.29, 0.717) is 6.42 Å². The van der Waals surface area contributed by atoms with Gasteiger partial charge in [0.05, 0.1) is 17.5 Å². The van der Waals surface area contributed by atoms with Gasteiger partial charge in [-0.05, 0) is 55.4 Å². The van der Waals surface area contributed by atoms with Crippen LogP contribution in [-0.2, 0) is 22.7 Å². The second-order valence-corrected chi connectivity index (χ2v) is 8.22. The predicted octanol–water partition coefficient (Wildman–Crippen LogP) is 1.48. The van der Waals surface area contributed by atoms with Gasteiger partial charge in [-0.3, -0.25) is 4.99 Å². The number of aryl methyl sites for hydroxylation is 2. The summed E-state index contributed by atoms with van der Waals surface area (Å²) >= 11 is 0. The Kier molecular flexibility index (Phi) is 3.89. The Bertz CT molecular complexity index is 667. The maximum atomic E-state index is 11.7. The summed E-state index contributed by atoms with van der Waals surface area (Å²) in [6.07, 6.45) is 4.90. The average Bonchev–Trinajstić information content (AvgIpc) is 3.01. The van der Waals surface area contributed by atoms with Crippen molar-refractivity contribution in [2.24, 2.45) is 10.7 Å². The van der Waals surface area contributed by atoms with E-state index in [9.17, 15) is 8.42 Å². The molecule has 1 fully saturated rings. The van der Waals surface area contributed by atoms with Crippen molar-refractivity contribution in [1.29, 1.82) is 0 Å². The molecule has 0 bridgehead atoms. The van der Waals surface area contributed by atoms with E-state index < -0.39 is 9.84 Å². The molecule has 3 rings (SSSR count). The summed E-state index contributed by atoms with van der Waals surface area (Å²) in [7, 11) is -2.95. The Hall–Kier alpha value is -1.56. The lowest BCUT2D eigenvalue weighted by Crippen LogP contribution is -2.26. The van der Waals surface area contributed by atoms with Gasteiger partial charge in [-0.15, -0.1) is 0 Å². The molecule has 1 aromatic rings. The van der Waals surface area contributed by atoms with E-state index in [1.807, 2.05) is 6.07 Å². The summed E-state index contributed by atoms with van der Waals surface area (Å²) in [5.74, 6) is 0.570. The SMILES string of the molecule is NC(=NCC1CCCS1(=O)=O)Nc1ccc2c(c1)CCC2. The molecule has 3 N–H and O–H groups in total. The van der Waals surface area contributed by atoms with E-state index >= 15 is 0 Å². The minimum absolute atomic E-state index is 0.256. The third-order valence-corrected chi connectivity index (χ3v) is 6.56. The fourth-order valence-electron chi connectivity index (χ4n) is 3.10. The van der Waals surface area contributed by atoms with Gasteiger partial charge in [0.1, 0.15) is 0 Å². The van der Waals surface area contributed by atoms with Crippen molar-refractivity contribution in [3.05, 3.63) is 29.3 Å². The Morgan fingerprint density at radius 2 is 2.10 bits per heavy atom. The van der Waals surface area contributed by atoms with Gasteiger partial charge in [0, 0.05) is 5.69 Å². The van der Waals surface area contributed by atoms with Crippen molar-refractivity contribution in [2.45, 2.75) is 37.4 Å². The number of anilines is 1. The number of hydrogen-bond donors (Lipinski definition) is 2. The van der Waals surface area contributed by atoms with Gasteiger partial charge < -0.3 is 11.1 Å². The molecular weight excluding hydrogens is 286 g/mol. The molecule has 1 aliphatic heterocycles. The zero-order valence-corrected chi connectivity index (χ0v) is 12.8. The number of nitrogens with zero attached hydrogens (tertiary/aromatic N) is 1. The molecule has 1 aliphatic carbocycles. The van der Waals surface area contributed by atoms with Crippen LogP contribution >= 0.6 is 0 Å². The Balaban J connectivity index is 1.63. The number of benzene rings is 1. The van der Waals surface area contributed by atoms with E-state index in [1.54, 1.807) is 0 Å². The molecule has 1 unspecified atom stereocenters. The second-order valence-electron chi connectivity index (χ2n) is 5.82. The Labute approximate surface area is 125 Å². The highest BCUT2D eigenvalue weighted by Gasteiger charge is 2.30. The first kappa shape index (κ1) is 14.4. The predicted molar refractivity (Wildman–Crippen MR) is 85.4 cm³/mol. The van der Waals surface area contributed by atoms with Crippen molar-refractivity contribution in [2.75, 3.05) is 17.6 Å². The lowest BCUT2D eigenvalue weighted by atomic mass is 10.1. The topological polar surface area (TPSA) is 84.5 Å². The molecule has 1 aromatic carbocycles. The minimum Gasteiger partial charge on any atom is -0.370 e. The van der Waals surface area contributed by atoms with Gasteiger partial charge >= 0.3 is 0 Å². The first-order valence-electron chi connectivity index (χ1n) is 7.45. The minimum atomic E-state index is -2.95. The first-order chi connectivity index (χ1) is 10.0. The van der Waals surface area contributed by atoms with Gasteiger partial charge in [0.15, 0.2) is 15.8 Å². The van der Waals surface area contributed by atoms with Crippen LogP contribution in [0.15, 0.2) is 23.2 Å². The van der Waals surface area contributed by atoms with Crippen LogP contribution in [0.4, 0.5) is 5.69 Å². The zero-order valence-electron chi connectivity index (χ0n) is 12.0. The fourth-order valence-corrected chi connectivity index (χ4v) is 4.83.